The highest BCUT2D eigenvalue weighted by atomic mass is 16.5. The van der Waals surface area contributed by atoms with Crippen LogP contribution in [0.25, 0.3) is 10.9 Å². The van der Waals surface area contributed by atoms with Crippen molar-refractivity contribution in [3.63, 3.8) is 0 Å². The number of pyridine rings is 1. The summed E-state index contributed by atoms with van der Waals surface area (Å²) < 4.78 is 5.52. The molecule has 2 aromatic carbocycles. The molecule has 0 bridgehead atoms. The summed E-state index contributed by atoms with van der Waals surface area (Å²) in [6, 6.07) is 18.6. The minimum atomic E-state index is -0.528. The molecule has 1 heterocycles. The zero-order valence-electron chi connectivity index (χ0n) is 18.5. The molecule has 0 radical (unpaired) electrons. The second-order valence-corrected chi connectivity index (χ2v) is 7.40. The van der Waals surface area contributed by atoms with E-state index in [0.29, 0.717) is 17.7 Å². The van der Waals surface area contributed by atoms with E-state index >= 15 is 0 Å². The number of hydrogen-bond donors (Lipinski definition) is 0. The van der Waals surface area contributed by atoms with Crippen molar-refractivity contribution in [2.75, 3.05) is 18.1 Å². The first-order valence-electron chi connectivity index (χ1n) is 10.9. The Bertz CT molecular complexity index is 1140. The fraction of sp³-hybridized carbons (Fsp3) is 0.308. The fourth-order valence-corrected chi connectivity index (χ4v) is 3.80. The smallest absolute Gasteiger partial charge is 0.339 e. The Hall–Kier alpha value is -3.72. The molecule has 0 fully saturated rings. The van der Waals surface area contributed by atoms with Crippen molar-refractivity contribution in [1.29, 1.82) is 5.26 Å². The first kappa shape index (κ1) is 23.0. The molecule has 6 heteroatoms. The third-order valence-corrected chi connectivity index (χ3v) is 5.27. The van der Waals surface area contributed by atoms with Gasteiger partial charge in [-0.05, 0) is 36.6 Å². The Balaban J connectivity index is 1.88. The summed E-state index contributed by atoms with van der Waals surface area (Å²) >= 11 is 0. The largest absolute Gasteiger partial charge is 0.452 e. The van der Waals surface area contributed by atoms with E-state index in [9.17, 15) is 9.59 Å². The monoisotopic (exact) mass is 429 g/mol. The molecule has 3 rings (SSSR count). The van der Waals surface area contributed by atoms with Gasteiger partial charge in [-0.15, -0.1) is 0 Å². The molecule has 0 aliphatic carbocycles. The molecule has 0 N–H and O–H groups in total. The first-order chi connectivity index (χ1) is 15.6. The summed E-state index contributed by atoms with van der Waals surface area (Å²) in [5, 5.41) is 9.69. The zero-order valence-corrected chi connectivity index (χ0v) is 18.5. The van der Waals surface area contributed by atoms with Gasteiger partial charge in [0.25, 0.3) is 5.91 Å². The maximum Gasteiger partial charge on any atom is 0.339 e. The van der Waals surface area contributed by atoms with E-state index in [1.807, 2.05) is 49.4 Å². The lowest BCUT2D eigenvalue weighted by Gasteiger charge is -2.22. The van der Waals surface area contributed by atoms with Gasteiger partial charge in [-0.1, -0.05) is 56.7 Å². The van der Waals surface area contributed by atoms with E-state index in [1.54, 1.807) is 12.1 Å². The fourth-order valence-electron chi connectivity index (χ4n) is 3.80. The first-order valence-corrected chi connectivity index (χ1v) is 10.9. The summed E-state index contributed by atoms with van der Waals surface area (Å²) in [4.78, 5) is 32.3. The van der Waals surface area contributed by atoms with E-state index in [-0.39, 0.29) is 18.9 Å². The van der Waals surface area contributed by atoms with E-state index < -0.39 is 12.6 Å². The Labute approximate surface area is 188 Å². The van der Waals surface area contributed by atoms with Gasteiger partial charge in [-0.2, -0.15) is 5.26 Å². The average molecular weight is 430 g/mol. The highest BCUT2D eigenvalue weighted by molar-refractivity contribution is 6.06. The Kier molecular flexibility index (Phi) is 7.93. The van der Waals surface area contributed by atoms with Crippen molar-refractivity contribution in [2.24, 2.45) is 0 Å². The summed E-state index contributed by atoms with van der Waals surface area (Å²) in [7, 11) is 0. The molecule has 1 aromatic heterocycles. The summed E-state index contributed by atoms with van der Waals surface area (Å²) in [6.45, 7) is 3.90. The summed E-state index contributed by atoms with van der Waals surface area (Å²) in [5.41, 5.74) is 3.65. The van der Waals surface area contributed by atoms with Crippen LogP contribution in [0.5, 0.6) is 0 Å². The number of para-hydroxylation sites is 2. The van der Waals surface area contributed by atoms with Gasteiger partial charge in [0.2, 0.25) is 0 Å². The SMILES string of the molecule is CCCc1nc2ccccc2c(C(=O)OCC(=O)N(CCC#N)c2ccccc2)c1CC. The molecule has 0 unspecified atom stereocenters. The molecule has 164 valence electrons. The van der Waals surface area contributed by atoms with Crippen molar-refractivity contribution in [1.82, 2.24) is 4.98 Å². The quantitative estimate of drug-likeness (QED) is 0.454. The van der Waals surface area contributed by atoms with Gasteiger partial charge in [0.1, 0.15) is 0 Å². The lowest BCUT2D eigenvalue weighted by molar-refractivity contribution is -0.121. The highest BCUT2D eigenvalue weighted by Gasteiger charge is 2.23. The van der Waals surface area contributed by atoms with Crippen LogP contribution in [0.3, 0.4) is 0 Å². The number of carbonyl (C=O) groups is 2. The summed E-state index contributed by atoms with van der Waals surface area (Å²) in [6.07, 6.45) is 2.51. The normalized spacial score (nSPS) is 10.5. The molecule has 0 aliphatic heterocycles. The third kappa shape index (κ3) is 5.12. The van der Waals surface area contributed by atoms with Crippen LogP contribution in [0.1, 0.15) is 48.3 Å². The second kappa shape index (κ2) is 11.1. The minimum absolute atomic E-state index is 0.184. The predicted octanol–water partition coefficient (Wildman–Crippen LogP) is 4.85. The number of benzene rings is 2. The van der Waals surface area contributed by atoms with Crippen molar-refractivity contribution in [2.45, 2.75) is 39.5 Å². The number of nitrogens with zero attached hydrogens (tertiary/aromatic N) is 3. The molecule has 0 saturated heterocycles. The topological polar surface area (TPSA) is 83.3 Å². The Morgan fingerprint density at radius 2 is 1.78 bits per heavy atom. The maximum atomic E-state index is 13.2. The average Bonchev–Trinajstić information content (AvgIpc) is 2.82. The number of rotatable bonds is 9. The van der Waals surface area contributed by atoms with E-state index in [0.717, 1.165) is 35.0 Å². The number of aryl methyl sites for hydroxylation is 1. The molecule has 0 aliphatic rings. The zero-order chi connectivity index (χ0) is 22.9. The highest BCUT2D eigenvalue weighted by Crippen LogP contribution is 2.26. The number of esters is 1. The van der Waals surface area contributed by atoms with E-state index in [4.69, 9.17) is 15.0 Å². The van der Waals surface area contributed by atoms with Crippen LogP contribution in [-0.4, -0.2) is 30.0 Å². The van der Waals surface area contributed by atoms with Crippen LogP contribution in [-0.2, 0) is 22.4 Å². The number of amides is 1. The van der Waals surface area contributed by atoms with Gasteiger partial charge < -0.3 is 9.64 Å². The van der Waals surface area contributed by atoms with Crippen molar-refractivity contribution in [3.8, 4) is 6.07 Å². The molecular formula is C26H27N3O3. The number of carbonyl (C=O) groups excluding carboxylic acids is 2. The molecule has 32 heavy (non-hydrogen) atoms. The van der Waals surface area contributed by atoms with Crippen LogP contribution in [0.15, 0.2) is 54.6 Å². The van der Waals surface area contributed by atoms with E-state index in [1.165, 1.54) is 4.90 Å². The molecule has 0 saturated carbocycles. The molecule has 0 atom stereocenters. The predicted molar refractivity (Wildman–Crippen MR) is 124 cm³/mol. The van der Waals surface area contributed by atoms with Gasteiger partial charge >= 0.3 is 5.97 Å². The summed E-state index contributed by atoms with van der Waals surface area (Å²) in [5.74, 6) is -0.899. The molecule has 3 aromatic rings. The van der Waals surface area contributed by atoms with Gasteiger partial charge in [0.15, 0.2) is 6.61 Å². The molecule has 1 amide bonds. The van der Waals surface area contributed by atoms with Crippen LogP contribution >= 0.6 is 0 Å². The lowest BCUT2D eigenvalue weighted by atomic mass is 9.96. The van der Waals surface area contributed by atoms with Crippen molar-refractivity contribution < 1.29 is 14.3 Å². The minimum Gasteiger partial charge on any atom is -0.452 e. The van der Waals surface area contributed by atoms with Crippen molar-refractivity contribution >= 4 is 28.5 Å². The number of ether oxygens (including phenoxy) is 1. The van der Waals surface area contributed by atoms with E-state index in [2.05, 4.69) is 13.0 Å². The number of nitriles is 1. The van der Waals surface area contributed by atoms with Crippen LogP contribution in [0.2, 0.25) is 0 Å². The number of anilines is 1. The van der Waals surface area contributed by atoms with Gasteiger partial charge in [0, 0.05) is 23.3 Å². The lowest BCUT2D eigenvalue weighted by Crippen LogP contribution is -2.35. The standard InChI is InChI=1S/C26H27N3O3/c1-3-11-22-20(4-2)25(21-14-8-9-15-23(21)28-22)26(31)32-18-24(30)29(17-10-16-27)19-12-6-5-7-13-19/h5-9,12-15H,3-4,10-11,17-18H2,1-2H3. The number of hydrogen-bond acceptors (Lipinski definition) is 5. The maximum absolute atomic E-state index is 13.2. The van der Waals surface area contributed by atoms with Crippen LogP contribution in [0.4, 0.5) is 5.69 Å². The second-order valence-electron chi connectivity index (χ2n) is 7.40. The number of fused-ring (bicyclic) bond motifs is 1. The van der Waals surface area contributed by atoms with Crippen molar-refractivity contribution in [3.05, 3.63) is 71.4 Å². The van der Waals surface area contributed by atoms with Crippen LogP contribution in [0, 0.1) is 11.3 Å². The Morgan fingerprint density at radius 3 is 2.47 bits per heavy atom. The van der Waals surface area contributed by atoms with Gasteiger partial charge in [-0.25, -0.2) is 4.79 Å². The molecule has 0 spiro atoms. The number of aromatic nitrogens is 1. The molecule has 6 nitrogen and oxygen atoms in total. The van der Waals surface area contributed by atoms with Gasteiger partial charge in [-0.3, -0.25) is 9.78 Å². The van der Waals surface area contributed by atoms with Gasteiger partial charge in [0.05, 0.1) is 23.6 Å². The molecular weight excluding hydrogens is 402 g/mol. The van der Waals surface area contributed by atoms with Crippen LogP contribution < -0.4 is 4.90 Å². The third-order valence-electron chi connectivity index (χ3n) is 5.27. The Morgan fingerprint density at radius 1 is 1.06 bits per heavy atom.